The van der Waals surface area contributed by atoms with Crippen molar-refractivity contribution in [2.24, 2.45) is 11.1 Å². The Morgan fingerprint density at radius 1 is 1.28 bits per heavy atom. The minimum absolute atomic E-state index is 0.101. The summed E-state index contributed by atoms with van der Waals surface area (Å²) in [5, 5.41) is 6.70. The number of carbonyl (C=O) groups excluding carboxylic acids is 1. The molecule has 1 saturated heterocycles. The molecule has 0 aromatic carbocycles. The molecule has 0 bridgehead atoms. The van der Waals surface area contributed by atoms with Crippen molar-refractivity contribution < 1.29 is 35.2 Å². The smallest absolute Gasteiger partial charge is 0.355 e. The van der Waals surface area contributed by atoms with Crippen LogP contribution in [0, 0.1) is 5.92 Å². The molecule has 3 rings (SSSR count). The number of anilines is 2. The molecule has 0 saturated carbocycles. The Morgan fingerprint density at radius 3 is 2.56 bits per heavy atom. The zero-order chi connectivity index (χ0) is 23.9. The molecule has 174 valence electrons. The number of sulfonamides is 1. The summed E-state index contributed by atoms with van der Waals surface area (Å²) in [5.74, 6) is -5.31. The van der Waals surface area contributed by atoms with Crippen LogP contribution in [0.1, 0.15) is 29.3 Å². The molecule has 3 N–H and O–H groups in total. The SMILES string of the molecule is C[C@H]1CN(c2ncc(C(F)(F)F)cc2C(=O)Nc2ccnc(S(N)(=O)=O)c2)CCC1(F)F. The number of piperidine rings is 1. The van der Waals surface area contributed by atoms with Crippen LogP contribution in [-0.4, -0.2) is 43.3 Å². The molecule has 1 aliphatic heterocycles. The molecule has 1 aliphatic rings. The largest absolute Gasteiger partial charge is 0.417 e. The van der Waals surface area contributed by atoms with E-state index in [1.165, 1.54) is 17.9 Å². The summed E-state index contributed by atoms with van der Waals surface area (Å²) < 4.78 is 90.2. The van der Waals surface area contributed by atoms with Crippen molar-refractivity contribution in [3.05, 3.63) is 41.7 Å². The molecule has 32 heavy (non-hydrogen) atoms. The molecule has 0 radical (unpaired) electrons. The van der Waals surface area contributed by atoms with Crippen molar-refractivity contribution in [3.8, 4) is 0 Å². The van der Waals surface area contributed by atoms with E-state index in [0.29, 0.717) is 12.3 Å². The van der Waals surface area contributed by atoms with E-state index in [1.807, 2.05) is 0 Å². The highest BCUT2D eigenvalue weighted by Crippen LogP contribution is 2.37. The van der Waals surface area contributed by atoms with E-state index >= 15 is 0 Å². The highest BCUT2D eigenvalue weighted by Gasteiger charge is 2.42. The number of hydrogen-bond donors (Lipinski definition) is 2. The molecule has 3 heterocycles. The van der Waals surface area contributed by atoms with E-state index in [9.17, 15) is 35.2 Å². The van der Waals surface area contributed by atoms with Gasteiger partial charge < -0.3 is 10.2 Å². The average molecular weight is 479 g/mol. The third-order valence-corrected chi connectivity index (χ3v) is 5.76. The highest BCUT2D eigenvalue weighted by molar-refractivity contribution is 7.89. The Balaban J connectivity index is 1.99. The van der Waals surface area contributed by atoms with Crippen LogP contribution in [0.25, 0.3) is 0 Å². The van der Waals surface area contributed by atoms with Gasteiger partial charge in [-0.1, -0.05) is 6.92 Å². The van der Waals surface area contributed by atoms with Gasteiger partial charge in [0.2, 0.25) is 0 Å². The van der Waals surface area contributed by atoms with E-state index in [0.717, 1.165) is 12.3 Å². The first-order valence-electron chi connectivity index (χ1n) is 9.19. The summed E-state index contributed by atoms with van der Waals surface area (Å²) in [6.07, 6.45) is -3.80. The van der Waals surface area contributed by atoms with Gasteiger partial charge in [0, 0.05) is 49.6 Å². The Labute approximate surface area is 179 Å². The van der Waals surface area contributed by atoms with Gasteiger partial charge in [0.15, 0.2) is 5.03 Å². The number of hydrogen-bond acceptors (Lipinski definition) is 6. The maximum Gasteiger partial charge on any atom is 0.417 e. The number of nitrogens with two attached hydrogens (primary N) is 1. The Hall–Kier alpha value is -2.87. The molecule has 2 aromatic heterocycles. The minimum atomic E-state index is -4.81. The van der Waals surface area contributed by atoms with Gasteiger partial charge in [-0.25, -0.2) is 32.3 Å². The molecule has 0 spiro atoms. The quantitative estimate of drug-likeness (QED) is 0.651. The fourth-order valence-electron chi connectivity index (χ4n) is 3.15. The first-order chi connectivity index (χ1) is 14.7. The van der Waals surface area contributed by atoms with Crippen LogP contribution in [0.3, 0.4) is 0 Å². The lowest BCUT2D eigenvalue weighted by Crippen LogP contribution is -2.46. The second kappa shape index (κ2) is 8.24. The first kappa shape index (κ1) is 23.8. The van der Waals surface area contributed by atoms with Crippen LogP contribution in [0.5, 0.6) is 0 Å². The number of aromatic nitrogens is 2. The van der Waals surface area contributed by atoms with Crippen molar-refractivity contribution in [3.63, 3.8) is 0 Å². The molecule has 1 fully saturated rings. The normalized spacial score (nSPS) is 19.0. The van der Waals surface area contributed by atoms with Crippen LogP contribution < -0.4 is 15.4 Å². The van der Waals surface area contributed by atoms with Gasteiger partial charge >= 0.3 is 6.18 Å². The summed E-state index contributed by atoms with van der Waals surface area (Å²) in [5.41, 5.74) is -1.82. The van der Waals surface area contributed by atoms with Crippen molar-refractivity contribution in [1.29, 1.82) is 0 Å². The summed E-state index contributed by atoms with van der Waals surface area (Å²) in [4.78, 5) is 21.4. The van der Waals surface area contributed by atoms with Crippen molar-refractivity contribution >= 4 is 27.4 Å². The van der Waals surface area contributed by atoms with E-state index in [2.05, 4.69) is 15.3 Å². The average Bonchev–Trinajstić information content (AvgIpc) is 2.68. The maximum absolute atomic E-state index is 13.8. The molecular weight excluding hydrogens is 461 g/mol. The predicted octanol–water partition coefficient (Wildman–Crippen LogP) is 2.88. The maximum atomic E-state index is 13.8. The number of halogens is 5. The summed E-state index contributed by atoms with van der Waals surface area (Å²) in [7, 11) is -4.20. The molecule has 2 aromatic rings. The fraction of sp³-hybridized carbons (Fsp3) is 0.389. The third-order valence-electron chi connectivity index (χ3n) is 4.95. The molecule has 14 heteroatoms. The van der Waals surface area contributed by atoms with E-state index in [1.54, 1.807) is 0 Å². The van der Waals surface area contributed by atoms with Crippen molar-refractivity contribution in [2.45, 2.75) is 30.5 Å². The zero-order valence-electron chi connectivity index (χ0n) is 16.5. The second-order valence-corrected chi connectivity index (χ2v) is 8.84. The van der Waals surface area contributed by atoms with Crippen LogP contribution in [-0.2, 0) is 16.2 Å². The van der Waals surface area contributed by atoms with Crippen LogP contribution in [0.15, 0.2) is 35.6 Å². The highest BCUT2D eigenvalue weighted by atomic mass is 32.2. The van der Waals surface area contributed by atoms with Gasteiger partial charge in [0.25, 0.3) is 21.9 Å². The van der Waals surface area contributed by atoms with Gasteiger partial charge in [0.1, 0.15) is 5.82 Å². The Kier molecular flexibility index (Phi) is 6.12. The minimum Gasteiger partial charge on any atom is -0.355 e. The lowest BCUT2D eigenvalue weighted by molar-refractivity contribution is -0.137. The number of pyridine rings is 2. The molecule has 1 amide bonds. The van der Waals surface area contributed by atoms with E-state index < -0.39 is 56.5 Å². The second-order valence-electron chi connectivity index (χ2n) is 7.33. The monoisotopic (exact) mass is 479 g/mol. The Morgan fingerprint density at radius 2 is 1.97 bits per heavy atom. The summed E-state index contributed by atoms with van der Waals surface area (Å²) >= 11 is 0. The van der Waals surface area contributed by atoms with Crippen LogP contribution in [0.4, 0.5) is 33.5 Å². The number of nitrogens with one attached hydrogen (secondary N) is 1. The number of carbonyl (C=O) groups is 1. The third kappa shape index (κ3) is 5.12. The van der Waals surface area contributed by atoms with Gasteiger partial charge in [-0.15, -0.1) is 0 Å². The number of nitrogens with zero attached hydrogens (tertiary/aromatic N) is 3. The van der Waals surface area contributed by atoms with Gasteiger partial charge in [-0.2, -0.15) is 13.2 Å². The molecule has 0 aliphatic carbocycles. The van der Waals surface area contributed by atoms with Gasteiger partial charge in [-0.05, 0) is 12.1 Å². The lowest BCUT2D eigenvalue weighted by atomic mass is 9.95. The first-order valence-corrected chi connectivity index (χ1v) is 10.7. The van der Waals surface area contributed by atoms with Crippen molar-refractivity contribution in [1.82, 2.24) is 9.97 Å². The predicted molar refractivity (Wildman–Crippen MR) is 104 cm³/mol. The topological polar surface area (TPSA) is 118 Å². The fourth-order valence-corrected chi connectivity index (χ4v) is 3.65. The number of primary sulfonamides is 1. The van der Waals surface area contributed by atoms with Gasteiger partial charge in [0.05, 0.1) is 11.1 Å². The molecular formula is C18H18F5N5O3S. The van der Waals surface area contributed by atoms with E-state index in [4.69, 9.17) is 5.14 Å². The Bertz CT molecular complexity index is 1140. The van der Waals surface area contributed by atoms with Gasteiger partial charge in [-0.3, -0.25) is 4.79 Å². The summed E-state index contributed by atoms with van der Waals surface area (Å²) in [6, 6.07) is 2.70. The number of amides is 1. The molecule has 8 nitrogen and oxygen atoms in total. The van der Waals surface area contributed by atoms with Crippen molar-refractivity contribution in [2.75, 3.05) is 23.3 Å². The zero-order valence-corrected chi connectivity index (χ0v) is 17.3. The number of rotatable bonds is 4. The van der Waals surface area contributed by atoms with Crippen LogP contribution in [0.2, 0.25) is 0 Å². The van der Waals surface area contributed by atoms with E-state index in [-0.39, 0.29) is 24.6 Å². The lowest BCUT2D eigenvalue weighted by Gasteiger charge is -2.38. The number of alkyl halides is 5. The standard InChI is InChI=1S/C18H18F5N5O3S/c1-10-9-28(5-3-17(10,19)20)15-13(6-11(8-26-15)18(21,22)23)16(29)27-12-2-4-25-14(7-12)32(24,30)31/h2,4,6-8,10H,3,5,9H2,1H3,(H2,24,30,31)(H,25,27,29)/t10-/m0/s1. The van der Waals surface area contributed by atoms with Crippen LogP contribution >= 0.6 is 0 Å². The molecule has 0 unspecified atom stereocenters. The summed E-state index contributed by atoms with van der Waals surface area (Å²) in [6.45, 7) is 0.846. The molecule has 1 atom stereocenters.